The minimum atomic E-state index is -0.574. The van der Waals surface area contributed by atoms with Crippen LogP contribution in [0.3, 0.4) is 0 Å². The molecule has 2 aromatic rings. The Kier molecular flexibility index (Phi) is 7.34. The second-order valence-corrected chi connectivity index (χ2v) is 7.09. The van der Waals surface area contributed by atoms with Crippen molar-refractivity contribution < 1.29 is 4.79 Å². The number of amides is 1. The van der Waals surface area contributed by atoms with E-state index in [2.05, 4.69) is 29.4 Å². The van der Waals surface area contributed by atoms with Gasteiger partial charge in [-0.05, 0) is 13.3 Å². The SMILES string of the molecule is CCCCCCNC(=O)[C@@H](N)Cc1nnc(-c2ccc(C)cc2)s1. The van der Waals surface area contributed by atoms with Crippen LogP contribution in [0.25, 0.3) is 10.6 Å². The maximum Gasteiger partial charge on any atom is 0.237 e. The highest BCUT2D eigenvalue weighted by Gasteiger charge is 2.16. The number of benzene rings is 1. The van der Waals surface area contributed by atoms with E-state index >= 15 is 0 Å². The summed E-state index contributed by atoms with van der Waals surface area (Å²) in [6, 6.07) is 7.59. The topological polar surface area (TPSA) is 80.9 Å². The largest absolute Gasteiger partial charge is 0.355 e. The molecule has 0 spiro atoms. The number of aromatic nitrogens is 2. The normalized spacial score (nSPS) is 12.1. The summed E-state index contributed by atoms with van der Waals surface area (Å²) in [5.74, 6) is -0.112. The standard InChI is InChI=1S/C18H26N4OS/c1-3-4-5-6-11-20-17(23)15(19)12-16-21-22-18(24-16)14-9-7-13(2)8-10-14/h7-10,15H,3-6,11-12,19H2,1-2H3,(H,20,23)/t15-/m0/s1. The van der Waals surface area contributed by atoms with Gasteiger partial charge in [-0.3, -0.25) is 4.79 Å². The maximum atomic E-state index is 12.0. The van der Waals surface area contributed by atoms with E-state index in [0.717, 1.165) is 28.4 Å². The first-order chi connectivity index (χ1) is 11.6. The average molecular weight is 347 g/mol. The molecule has 0 aliphatic carbocycles. The van der Waals surface area contributed by atoms with Crippen molar-refractivity contribution in [2.45, 2.75) is 52.0 Å². The van der Waals surface area contributed by atoms with Crippen molar-refractivity contribution in [2.24, 2.45) is 5.73 Å². The number of rotatable bonds is 9. The second kappa shape index (κ2) is 9.49. The number of nitrogens with zero attached hydrogens (tertiary/aromatic N) is 2. The number of hydrogen-bond acceptors (Lipinski definition) is 5. The van der Waals surface area contributed by atoms with Crippen molar-refractivity contribution in [3.63, 3.8) is 0 Å². The van der Waals surface area contributed by atoms with Crippen molar-refractivity contribution in [1.82, 2.24) is 15.5 Å². The van der Waals surface area contributed by atoms with Crippen molar-refractivity contribution >= 4 is 17.2 Å². The number of hydrogen-bond donors (Lipinski definition) is 2. The molecule has 24 heavy (non-hydrogen) atoms. The molecular formula is C18H26N4OS. The number of unbranched alkanes of at least 4 members (excludes halogenated alkanes) is 3. The smallest absolute Gasteiger partial charge is 0.237 e. The first-order valence-electron chi connectivity index (χ1n) is 8.53. The Morgan fingerprint density at radius 1 is 1.21 bits per heavy atom. The van der Waals surface area contributed by atoms with Crippen molar-refractivity contribution in [2.75, 3.05) is 6.54 Å². The molecule has 1 amide bonds. The molecule has 0 aliphatic heterocycles. The van der Waals surface area contributed by atoms with Crippen molar-refractivity contribution in [3.8, 4) is 10.6 Å². The molecular weight excluding hydrogens is 320 g/mol. The molecule has 0 bridgehead atoms. The van der Waals surface area contributed by atoms with E-state index in [-0.39, 0.29) is 5.91 Å². The van der Waals surface area contributed by atoms with E-state index in [1.165, 1.54) is 29.7 Å². The zero-order chi connectivity index (χ0) is 17.4. The lowest BCUT2D eigenvalue weighted by atomic mass is 10.2. The van der Waals surface area contributed by atoms with Gasteiger partial charge >= 0.3 is 0 Å². The van der Waals surface area contributed by atoms with Gasteiger partial charge < -0.3 is 11.1 Å². The fraction of sp³-hybridized carbons (Fsp3) is 0.500. The predicted octanol–water partition coefficient (Wildman–Crippen LogP) is 3.08. The van der Waals surface area contributed by atoms with Crippen LogP contribution >= 0.6 is 11.3 Å². The quantitative estimate of drug-likeness (QED) is 0.684. The molecule has 130 valence electrons. The molecule has 0 saturated heterocycles. The number of nitrogens with one attached hydrogen (secondary N) is 1. The van der Waals surface area contributed by atoms with Gasteiger partial charge in [-0.15, -0.1) is 10.2 Å². The van der Waals surface area contributed by atoms with E-state index < -0.39 is 6.04 Å². The molecule has 5 nitrogen and oxygen atoms in total. The summed E-state index contributed by atoms with van der Waals surface area (Å²) < 4.78 is 0. The average Bonchev–Trinajstić information content (AvgIpc) is 3.03. The molecule has 0 unspecified atom stereocenters. The van der Waals surface area contributed by atoms with Crippen molar-refractivity contribution in [1.29, 1.82) is 0 Å². The summed E-state index contributed by atoms with van der Waals surface area (Å²) >= 11 is 1.49. The lowest BCUT2D eigenvalue weighted by Gasteiger charge is -2.10. The lowest BCUT2D eigenvalue weighted by Crippen LogP contribution is -2.42. The lowest BCUT2D eigenvalue weighted by molar-refractivity contribution is -0.122. The van der Waals surface area contributed by atoms with Gasteiger partial charge in [-0.1, -0.05) is 67.4 Å². The predicted molar refractivity (Wildman–Crippen MR) is 98.9 cm³/mol. The van der Waals surface area contributed by atoms with E-state index in [0.29, 0.717) is 13.0 Å². The van der Waals surface area contributed by atoms with Crippen LogP contribution < -0.4 is 11.1 Å². The minimum Gasteiger partial charge on any atom is -0.355 e. The van der Waals surface area contributed by atoms with Gasteiger partial charge in [0.2, 0.25) is 5.91 Å². The summed E-state index contributed by atoms with van der Waals surface area (Å²) in [6.45, 7) is 4.91. The zero-order valence-corrected chi connectivity index (χ0v) is 15.2. The summed E-state index contributed by atoms with van der Waals surface area (Å²) in [5, 5.41) is 12.9. The number of nitrogens with two attached hydrogens (primary N) is 1. The van der Waals surface area contributed by atoms with Crippen LogP contribution in [0.1, 0.15) is 43.2 Å². The van der Waals surface area contributed by atoms with Crippen LogP contribution in [-0.2, 0) is 11.2 Å². The molecule has 1 heterocycles. The second-order valence-electron chi connectivity index (χ2n) is 6.03. The number of carbonyl (C=O) groups excluding carboxylic acids is 1. The molecule has 1 aromatic carbocycles. The van der Waals surface area contributed by atoms with Crippen LogP contribution in [0.4, 0.5) is 0 Å². The monoisotopic (exact) mass is 346 g/mol. The van der Waals surface area contributed by atoms with E-state index in [9.17, 15) is 4.79 Å². The molecule has 6 heteroatoms. The van der Waals surface area contributed by atoms with Crippen LogP contribution in [-0.4, -0.2) is 28.7 Å². The molecule has 0 radical (unpaired) electrons. The van der Waals surface area contributed by atoms with Crippen LogP contribution in [0.5, 0.6) is 0 Å². The maximum absolute atomic E-state index is 12.0. The first kappa shape index (κ1) is 18.5. The Morgan fingerprint density at radius 2 is 1.96 bits per heavy atom. The van der Waals surface area contributed by atoms with Gasteiger partial charge in [-0.25, -0.2) is 0 Å². The molecule has 2 rings (SSSR count). The Bertz CT molecular complexity index is 639. The number of aryl methyl sites for hydroxylation is 1. The van der Waals surface area contributed by atoms with E-state index in [4.69, 9.17) is 5.73 Å². The Balaban J connectivity index is 1.82. The minimum absolute atomic E-state index is 0.112. The Hall–Kier alpha value is -1.79. The highest BCUT2D eigenvalue weighted by atomic mass is 32.1. The van der Waals surface area contributed by atoms with Gasteiger partial charge in [0, 0.05) is 18.5 Å². The van der Waals surface area contributed by atoms with Gasteiger partial charge in [0.15, 0.2) is 0 Å². The van der Waals surface area contributed by atoms with Crippen LogP contribution in [0.15, 0.2) is 24.3 Å². The molecule has 0 aliphatic rings. The summed E-state index contributed by atoms with van der Waals surface area (Å²) in [5.41, 5.74) is 8.23. The molecule has 1 aromatic heterocycles. The highest BCUT2D eigenvalue weighted by Crippen LogP contribution is 2.24. The fourth-order valence-corrected chi connectivity index (χ4v) is 3.23. The third-order valence-electron chi connectivity index (χ3n) is 3.83. The third-order valence-corrected chi connectivity index (χ3v) is 4.82. The van der Waals surface area contributed by atoms with Crippen LogP contribution in [0, 0.1) is 6.92 Å². The van der Waals surface area contributed by atoms with Crippen LogP contribution in [0.2, 0.25) is 0 Å². The van der Waals surface area contributed by atoms with Gasteiger partial charge in [0.1, 0.15) is 10.0 Å². The highest BCUT2D eigenvalue weighted by molar-refractivity contribution is 7.14. The van der Waals surface area contributed by atoms with Gasteiger partial charge in [-0.2, -0.15) is 0 Å². The summed E-state index contributed by atoms with van der Waals surface area (Å²) in [6.07, 6.45) is 4.96. The zero-order valence-electron chi connectivity index (χ0n) is 14.4. The Morgan fingerprint density at radius 3 is 2.67 bits per heavy atom. The van der Waals surface area contributed by atoms with Gasteiger partial charge in [0.25, 0.3) is 0 Å². The van der Waals surface area contributed by atoms with Gasteiger partial charge in [0.05, 0.1) is 6.04 Å². The van der Waals surface area contributed by atoms with E-state index in [1.807, 2.05) is 24.3 Å². The molecule has 0 saturated carbocycles. The molecule has 1 atom stereocenters. The first-order valence-corrected chi connectivity index (χ1v) is 9.34. The third kappa shape index (κ3) is 5.69. The molecule has 0 fully saturated rings. The summed E-state index contributed by atoms with van der Waals surface area (Å²) in [7, 11) is 0. The van der Waals surface area contributed by atoms with Crippen molar-refractivity contribution in [3.05, 3.63) is 34.8 Å². The molecule has 3 N–H and O–H groups in total. The number of carbonyl (C=O) groups is 1. The Labute approximate surface area is 147 Å². The fourth-order valence-electron chi connectivity index (χ4n) is 2.32. The summed E-state index contributed by atoms with van der Waals surface area (Å²) in [4.78, 5) is 12.0. The van der Waals surface area contributed by atoms with E-state index in [1.54, 1.807) is 0 Å².